The van der Waals surface area contributed by atoms with Gasteiger partial charge in [-0.2, -0.15) is 0 Å². The largest absolute Gasteiger partial charge is 0.330 e. The first-order valence-electron chi connectivity index (χ1n) is 8.83. The summed E-state index contributed by atoms with van der Waals surface area (Å²) in [5.74, 6) is 2.89. The van der Waals surface area contributed by atoms with Gasteiger partial charge >= 0.3 is 0 Å². The Morgan fingerprint density at radius 3 is 2.79 bits per heavy atom. The molecule has 0 N–H and O–H groups in total. The monoisotopic (exact) mass is 344 g/mol. The van der Waals surface area contributed by atoms with Crippen molar-refractivity contribution in [2.24, 2.45) is 5.92 Å². The summed E-state index contributed by atoms with van der Waals surface area (Å²) in [5.41, 5.74) is 0. The van der Waals surface area contributed by atoms with Gasteiger partial charge in [0.1, 0.15) is 11.6 Å². The minimum absolute atomic E-state index is 0.199. The lowest BCUT2D eigenvalue weighted by molar-refractivity contribution is 0.0670. The van der Waals surface area contributed by atoms with Gasteiger partial charge in [0.15, 0.2) is 0 Å². The van der Waals surface area contributed by atoms with Gasteiger partial charge in [-0.25, -0.2) is 0 Å². The maximum Gasteiger partial charge on any atom is 0.264 e. The second-order valence-electron chi connectivity index (χ2n) is 7.45. The maximum absolute atomic E-state index is 13.1. The minimum Gasteiger partial charge on any atom is -0.330 e. The molecule has 0 spiro atoms. The van der Waals surface area contributed by atoms with Crippen LogP contribution in [0.15, 0.2) is 12.1 Å². The smallest absolute Gasteiger partial charge is 0.264 e. The first kappa shape index (κ1) is 15.8. The van der Waals surface area contributed by atoms with Crippen molar-refractivity contribution in [3.8, 4) is 0 Å². The van der Waals surface area contributed by atoms with Crippen LogP contribution in [0.3, 0.4) is 0 Å². The summed E-state index contributed by atoms with van der Waals surface area (Å²) in [6.45, 7) is 7.31. The van der Waals surface area contributed by atoms with E-state index in [1.807, 2.05) is 12.1 Å². The highest BCUT2D eigenvalue weighted by Gasteiger charge is 2.41. The molecule has 5 nitrogen and oxygen atoms in total. The van der Waals surface area contributed by atoms with E-state index < -0.39 is 0 Å². The normalized spacial score (nSPS) is 22.8. The summed E-state index contributed by atoms with van der Waals surface area (Å²) in [6.07, 6.45) is 3.94. The van der Waals surface area contributed by atoms with E-state index >= 15 is 0 Å². The average Bonchev–Trinajstić information content (AvgIpc) is 3.17. The fourth-order valence-electron chi connectivity index (χ4n) is 4.02. The van der Waals surface area contributed by atoms with Gasteiger partial charge < -0.3 is 9.47 Å². The number of amides is 1. The molecule has 2 aromatic heterocycles. The van der Waals surface area contributed by atoms with Crippen LogP contribution in [0, 0.1) is 12.8 Å². The number of hydrogen-bond acceptors (Lipinski definition) is 4. The second-order valence-corrected chi connectivity index (χ2v) is 8.74. The second kappa shape index (κ2) is 5.99. The fourth-order valence-corrected chi connectivity index (χ4v) is 4.83. The molecule has 2 bridgehead atoms. The molecule has 0 aromatic carbocycles. The van der Waals surface area contributed by atoms with Crippen LogP contribution >= 0.6 is 11.3 Å². The van der Waals surface area contributed by atoms with Gasteiger partial charge in [0.25, 0.3) is 5.91 Å². The Bertz CT molecular complexity index is 763. The molecule has 24 heavy (non-hydrogen) atoms. The molecule has 2 aliphatic rings. The first-order valence-corrected chi connectivity index (χ1v) is 9.64. The van der Waals surface area contributed by atoms with Gasteiger partial charge in [0.05, 0.1) is 10.9 Å². The number of carbonyl (C=O) groups excluding carboxylic acids is 1. The Morgan fingerprint density at radius 1 is 1.29 bits per heavy atom. The van der Waals surface area contributed by atoms with Gasteiger partial charge in [-0.3, -0.25) is 4.79 Å². The molecule has 0 aliphatic carbocycles. The Labute approximate surface area is 146 Å². The Morgan fingerprint density at radius 2 is 2.08 bits per heavy atom. The quantitative estimate of drug-likeness (QED) is 0.860. The molecule has 6 heteroatoms. The molecular weight excluding hydrogens is 320 g/mol. The van der Waals surface area contributed by atoms with Crippen LogP contribution in [0.2, 0.25) is 0 Å². The zero-order chi connectivity index (χ0) is 16.8. The summed E-state index contributed by atoms with van der Waals surface area (Å²) >= 11 is 1.60. The van der Waals surface area contributed by atoms with Gasteiger partial charge in [-0.05, 0) is 37.8 Å². The number of hydrogen-bond donors (Lipinski definition) is 0. The van der Waals surface area contributed by atoms with Crippen LogP contribution in [-0.4, -0.2) is 37.7 Å². The Balaban J connectivity index is 1.62. The predicted octanol–water partition coefficient (Wildman–Crippen LogP) is 3.08. The topological polar surface area (TPSA) is 51.0 Å². The van der Waals surface area contributed by atoms with Gasteiger partial charge in [0.2, 0.25) is 0 Å². The van der Waals surface area contributed by atoms with E-state index in [0.29, 0.717) is 5.92 Å². The van der Waals surface area contributed by atoms with Crippen LogP contribution in [0.25, 0.3) is 0 Å². The summed E-state index contributed by atoms with van der Waals surface area (Å²) in [6, 6.07) is 4.54. The lowest BCUT2D eigenvalue weighted by Gasteiger charge is -2.27. The van der Waals surface area contributed by atoms with Crippen molar-refractivity contribution in [1.82, 2.24) is 19.7 Å². The lowest BCUT2D eigenvalue weighted by atomic mass is 10.1. The summed E-state index contributed by atoms with van der Waals surface area (Å²) in [5, 5.41) is 8.86. The van der Waals surface area contributed by atoms with E-state index in [0.717, 1.165) is 48.8 Å². The molecular formula is C18H24N4OS. The van der Waals surface area contributed by atoms with E-state index in [-0.39, 0.29) is 18.0 Å². The molecule has 1 fully saturated rings. The summed E-state index contributed by atoms with van der Waals surface area (Å²) < 4.78 is 2.28. The van der Waals surface area contributed by atoms with Crippen molar-refractivity contribution in [3.63, 3.8) is 0 Å². The standard InChI is InChI=1S/C18H24N4OS/c1-11(2)8-16-19-20-17-9-13-5-6-14(10-21(16)17)22(13)18(23)15-7-4-12(3)24-15/h4,7,11,13-14H,5-6,8-10H2,1-3H3/t13-,14+/m0/s1. The SMILES string of the molecule is Cc1ccc(C(=O)N2[C@@H]3CC[C@H]2Cc2nnc(CC(C)C)n2C3)s1. The number of thiophene rings is 1. The van der Waals surface area contributed by atoms with E-state index in [4.69, 9.17) is 0 Å². The summed E-state index contributed by atoms with van der Waals surface area (Å²) in [4.78, 5) is 17.2. The highest BCUT2D eigenvalue weighted by molar-refractivity contribution is 7.13. The van der Waals surface area contributed by atoms with Crippen LogP contribution in [-0.2, 0) is 19.4 Å². The van der Waals surface area contributed by atoms with E-state index in [1.165, 1.54) is 4.88 Å². The number of rotatable bonds is 3. The molecule has 0 unspecified atom stereocenters. The van der Waals surface area contributed by atoms with Crippen molar-refractivity contribution in [2.75, 3.05) is 0 Å². The zero-order valence-electron chi connectivity index (χ0n) is 14.5. The molecule has 0 radical (unpaired) electrons. The van der Waals surface area contributed by atoms with Gasteiger partial charge in [-0.1, -0.05) is 13.8 Å². The third kappa shape index (κ3) is 2.66. The maximum atomic E-state index is 13.1. The molecule has 2 atom stereocenters. The molecule has 0 saturated carbocycles. The van der Waals surface area contributed by atoms with Crippen LogP contribution in [0.4, 0.5) is 0 Å². The number of nitrogens with zero attached hydrogens (tertiary/aromatic N) is 4. The van der Waals surface area contributed by atoms with Crippen molar-refractivity contribution in [2.45, 2.75) is 65.1 Å². The molecule has 1 saturated heterocycles. The predicted molar refractivity (Wildman–Crippen MR) is 94.3 cm³/mol. The molecule has 1 amide bonds. The molecule has 4 heterocycles. The number of aromatic nitrogens is 3. The molecule has 2 aliphatic heterocycles. The number of fused-ring (bicyclic) bond motifs is 3. The third-order valence-electron chi connectivity index (χ3n) is 5.11. The Kier molecular flexibility index (Phi) is 3.95. The lowest BCUT2D eigenvalue weighted by Crippen LogP contribution is -2.41. The van der Waals surface area contributed by atoms with Crippen LogP contribution in [0.1, 0.15) is 52.9 Å². The highest BCUT2D eigenvalue weighted by Crippen LogP contribution is 2.34. The van der Waals surface area contributed by atoms with E-state index in [1.54, 1.807) is 11.3 Å². The van der Waals surface area contributed by atoms with Gasteiger partial charge in [0, 0.05) is 30.3 Å². The van der Waals surface area contributed by atoms with Crippen molar-refractivity contribution in [1.29, 1.82) is 0 Å². The highest BCUT2D eigenvalue weighted by atomic mass is 32.1. The van der Waals surface area contributed by atoms with Crippen LogP contribution < -0.4 is 0 Å². The third-order valence-corrected chi connectivity index (χ3v) is 6.10. The van der Waals surface area contributed by atoms with Crippen molar-refractivity contribution < 1.29 is 4.79 Å². The van der Waals surface area contributed by atoms with Crippen molar-refractivity contribution in [3.05, 3.63) is 33.5 Å². The average molecular weight is 344 g/mol. The van der Waals surface area contributed by atoms with E-state index in [2.05, 4.69) is 40.4 Å². The Hall–Kier alpha value is -1.69. The first-order chi connectivity index (χ1) is 11.5. The van der Waals surface area contributed by atoms with Crippen LogP contribution in [0.5, 0.6) is 0 Å². The number of aryl methyl sites for hydroxylation is 1. The van der Waals surface area contributed by atoms with Gasteiger partial charge in [-0.15, -0.1) is 21.5 Å². The minimum atomic E-state index is 0.199. The van der Waals surface area contributed by atoms with E-state index in [9.17, 15) is 4.79 Å². The fraction of sp³-hybridized carbons (Fsp3) is 0.611. The molecule has 4 rings (SSSR count). The summed E-state index contributed by atoms with van der Waals surface area (Å²) in [7, 11) is 0. The van der Waals surface area contributed by atoms with Crippen molar-refractivity contribution >= 4 is 17.2 Å². The zero-order valence-corrected chi connectivity index (χ0v) is 15.3. The molecule has 2 aromatic rings. The number of carbonyl (C=O) groups is 1. The molecule has 128 valence electrons.